The minimum Gasteiger partial charge on any atom is -0.420 e. The van der Waals surface area contributed by atoms with E-state index in [0.29, 0.717) is 0 Å². The summed E-state index contributed by atoms with van der Waals surface area (Å²) in [5.74, 6) is 0. The summed E-state index contributed by atoms with van der Waals surface area (Å²) in [6, 6.07) is 1.28. The van der Waals surface area contributed by atoms with Gasteiger partial charge in [-0.2, -0.15) is 0 Å². The monoisotopic (exact) mass is 194 g/mol. The van der Waals surface area contributed by atoms with Crippen LogP contribution in [0.5, 0.6) is 0 Å². The molecular weight excluding hydrogens is 172 g/mol. The smallest absolute Gasteiger partial charge is 0.186 e. The topological polar surface area (TPSA) is 49.7 Å². The Bertz CT molecular complexity index is 84.4. The molecule has 0 saturated carbocycles. The van der Waals surface area contributed by atoms with Crippen LogP contribution in [-0.2, 0) is 4.43 Å². The highest BCUT2D eigenvalue weighted by molar-refractivity contribution is 6.71. The highest BCUT2D eigenvalue weighted by Crippen LogP contribution is 2.10. The molecule has 3 nitrogen and oxygen atoms in total. The van der Waals surface area contributed by atoms with Gasteiger partial charge < -0.3 is 14.6 Å². The third-order valence-corrected chi connectivity index (χ3v) is 4.31. The molecule has 76 valence electrons. The van der Waals surface area contributed by atoms with E-state index in [4.69, 9.17) is 14.6 Å². The fourth-order valence-electron chi connectivity index (χ4n) is 0.704. The minimum absolute atomic E-state index is 0.125. The van der Waals surface area contributed by atoms with Gasteiger partial charge in [0.25, 0.3) is 0 Å². The van der Waals surface area contributed by atoms with E-state index in [-0.39, 0.29) is 13.2 Å². The SMILES string of the molecule is CCC[Si](C)(C)OC.OCCO. The second-order valence-electron chi connectivity index (χ2n) is 3.16. The quantitative estimate of drug-likeness (QED) is 0.662. The van der Waals surface area contributed by atoms with Gasteiger partial charge in [-0.15, -0.1) is 0 Å². The molecule has 0 bridgehead atoms. The highest BCUT2D eigenvalue weighted by Gasteiger charge is 2.17. The van der Waals surface area contributed by atoms with Crippen LogP contribution in [0.2, 0.25) is 19.1 Å². The minimum atomic E-state index is -1.18. The standard InChI is InChI=1S/C6H16OSi.C2H6O2/c1-5-6-8(3,4)7-2;3-1-2-4/h5-6H2,1-4H3;3-4H,1-2H2. The Labute approximate surface area is 76.5 Å². The van der Waals surface area contributed by atoms with E-state index >= 15 is 0 Å². The summed E-state index contributed by atoms with van der Waals surface area (Å²) in [7, 11) is 0.644. The second-order valence-corrected chi connectivity index (χ2v) is 7.59. The number of rotatable bonds is 4. The molecule has 4 heteroatoms. The first-order chi connectivity index (χ1) is 5.54. The highest BCUT2D eigenvalue weighted by atomic mass is 28.4. The molecule has 0 amide bonds. The van der Waals surface area contributed by atoms with Crippen LogP contribution in [0, 0.1) is 0 Å². The van der Waals surface area contributed by atoms with Crippen LogP contribution < -0.4 is 0 Å². The zero-order valence-electron chi connectivity index (χ0n) is 8.63. The molecule has 0 unspecified atom stereocenters. The van der Waals surface area contributed by atoms with Gasteiger partial charge in [0.15, 0.2) is 8.32 Å². The van der Waals surface area contributed by atoms with Crippen molar-refractivity contribution in [2.24, 2.45) is 0 Å². The molecule has 0 aromatic heterocycles. The maximum Gasteiger partial charge on any atom is 0.186 e. The molecule has 0 heterocycles. The fraction of sp³-hybridized carbons (Fsp3) is 1.00. The Morgan fingerprint density at radius 2 is 1.58 bits per heavy atom. The van der Waals surface area contributed by atoms with Gasteiger partial charge in [0.05, 0.1) is 13.2 Å². The van der Waals surface area contributed by atoms with Crippen LogP contribution in [0.25, 0.3) is 0 Å². The first-order valence-electron chi connectivity index (χ1n) is 4.31. The van der Waals surface area contributed by atoms with Gasteiger partial charge in [-0.1, -0.05) is 13.3 Å². The van der Waals surface area contributed by atoms with Gasteiger partial charge in [-0.05, 0) is 19.1 Å². The zero-order valence-corrected chi connectivity index (χ0v) is 9.63. The van der Waals surface area contributed by atoms with Crippen molar-refractivity contribution >= 4 is 8.32 Å². The van der Waals surface area contributed by atoms with E-state index < -0.39 is 8.32 Å². The molecule has 0 aliphatic rings. The average molecular weight is 194 g/mol. The molecule has 0 aliphatic heterocycles. The van der Waals surface area contributed by atoms with Crippen LogP contribution in [0.4, 0.5) is 0 Å². The number of hydrogen-bond donors (Lipinski definition) is 2. The summed E-state index contributed by atoms with van der Waals surface area (Å²) in [6.45, 7) is 6.45. The van der Waals surface area contributed by atoms with E-state index in [1.165, 1.54) is 12.5 Å². The first-order valence-corrected chi connectivity index (χ1v) is 7.42. The lowest BCUT2D eigenvalue weighted by atomic mass is 10.6. The Balaban J connectivity index is 0. The summed E-state index contributed by atoms with van der Waals surface area (Å²) in [6.07, 6.45) is 1.26. The lowest BCUT2D eigenvalue weighted by molar-refractivity contribution is 0.186. The van der Waals surface area contributed by atoms with E-state index in [1.54, 1.807) is 0 Å². The lowest BCUT2D eigenvalue weighted by Gasteiger charge is -2.17. The number of hydrogen-bond acceptors (Lipinski definition) is 3. The molecule has 0 atom stereocenters. The maximum atomic E-state index is 7.62. The molecule has 0 aliphatic carbocycles. The zero-order chi connectivity index (χ0) is 10.0. The predicted molar refractivity (Wildman–Crippen MR) is 53.8 cm³/mol. The van der Waals surface area contributed by atoms with Gasteiger partial charge in [0.1, 0.15) is 0 Å². The van der Waals surface area contributed by atoms with Crippen molar-refractivity contribution in [3.8, 4) is 0 Å². The van der Waals surface area contributed by atoms with Crippen molar-refractivity contribution in [2.45, 2.75) is 32.5 Å². The van der Waals surface area contributed by atoms with Crippen LogP contribution in [0.3, 0.4) is 0 Å². The van der Waals surface area contributed by atoms with Gasteiger partial charge in [0.2, 0.25) is 0 Å². The molecule has 0 aromatic rings. The normalized spacial score (nSPS) is 10.5. The summed E-state index contributed by atoms with van der Waals surface area (Å²) in [5, 5.41) is 15.2. The van der Waals surface area contributed by atoms with Crippen molar-refractivity contribution in [1.29, 1.82) is 0 Å². The summed E-state index contributed by atoms with van der Waals surface area (Å²) < 4.78 is 5.32. The van der Waals surface area contributed by atoms with Crippen molar-refractivity contribution in [3.05, 3.63) is 0 Å². The fourth-order valence-corrected chi connectivity index (χ4v) is 2.11. The van der Waals surface area contributed by atoms with Gasteiger partial charge in [-0.25, -0.2) is 0 Å². The Morgan fingerprint density at radius 1 is 1.17 bits per heavy atom. The molecule has 0 radical (unpaired) electrons. The van der Waals surface area contributed by atoms with Gasteiger partial charge in [-0.3, -0.25) is 0 Å². The molecular formula is C8H22O3Si. The maximum absolute atomic E-state index is 7.62. The van der Waals surface area contributed by atoms with E-state index in [1.807, 2.05) is 7.11 Å². The molecule has 0 aromatic carbocycles. The van der Waals surface area contributed by atoms with Crippen molar-refractivity contribution in [3.63, 3.8) is 0 Å². The number of aliphatic hydroxyl groups is 2. The predicted octanol–water partition coefficient (Wildman–Crippen LogP) is 1.22. The average Bonchev–Trinajstić information content (AvgIpc) is 2.05. The molecule has 0 spiro atoms. The number of aliphatic hydroxyl groups excluding tert-OH is 2. The van der Waals surface area contributed by atoms with Crippen LogP contribution in [-0.4, -0.2) is 38.9 Å². The van der Waals surface area contributed by atoms with E-state index in [0.717, 1.165) is 0 Å². The first kappa shape index (κ1) is 14.6. The molecule has 2 N–H and O–H groups in total. The Morgan fingerprint density at radius 3 is 1.67 bits per heavy atom. The summed E-state index contributed by atoms with van der Waals surface area (Å²) >= 11 is 0. The third kappa shape index (κ3) is 12.7. The van der Waals surface area contributed by atoms with Crippen LogP contribution >= 0.6 is 0 Å². The van der Waals surface area contributed by atoms with Crippen LogP contribution in [0.1, 0.15) is 13.3 Å². The second kappa shape index (κ2) is 9.19. The van der Waals surface area contributed by atoms with Crippen LogP contribution in [0.15, 0.2) is 0 Å². The third-order valence-electron chi connectivity index (χ3n) is 1.50. The van der Waals surface area contributed by atoms with E-state index in [2.05, 4.69) is 20.0 Å². The molecule has 0 fully saturated rings. The van der Waals surface area contributed by atoms with Gasteiger partial charge in [0, 0.05) is 7.11 Å². The molecule has 0 saturated heterocycles. The van der Waals surface area contributed by atoms with Crippen molar-refractivity contribution in [2.75, 3.05) is 20.3 Å². The van der Waals surface area contributed by atoms with E-state index in [9.17, 15) is 0 Å². The summed E-state index contributed by atoms with van der Waals surface area (Å²) in [4.78, 5) is 0. The summed E-state index contributed by atoms with van der Waals surface area (Å²) in [5.41, 5.74) is 0. The van der Waals surface area contributed by atoms with Crippen molar-refractivity contribution in [1.82, 2.24) is 0 Å². The molecule has 12 heavy (non-hydrogen) atoms. The van der Waals surface area contributed by atoms with Gasteiger partial charge >= 0.3 is 0 Å². The van der Waals surface area contributed by atoms with Crippen molar-refractivity contribution < 1.29 is 14.6 Å². The largest absolute Gasteiger partial charge is 0.420 e. The molecule has 0 rings (SSSR count). The Hall–Kier alpha value is 0.0969. The Kier molecular flexibility index (Phi) is 11.2. The lowest BCUT2D eigenvalue weighted by Crippen LogP contribution is -2.27.